The van der Waals surface area contributed by atoms with Crippen LogP contribution in [0.1, 0.15) is 34.3 Å². The van der Waals surface area contributed by atoms with Crippen LogP contribution in [0.4, 0.5) is 0 Å². The molecule has 136 valence electrons. The van der Waals surface area contributed by atoms with Gasteiger partial charge in [0.05, 0.1) is 5.75 Å². The van der Waals surface area contributed by atoms with Gasteiger partial charge >= 0.3 is 5.97 Å². The first-order valence-electron chi connectivity index (χ1n) is 8.45. The first-order valence-corrected chi connectivity index (χ1v) is 9.82. The summed E-state index contributed by atoms with van der Waals surface area (Å²) in [7, 11) is 0. The average molecular weight is 391 g/mol. The summed E-state index contributed by atoms with van der Waals surface area (Å²) >= 11 is 7.38. The lowest BCUT2D eigenvalue weighted by atomic mass is 9.91. The molecule has 0 aromatic heterocycles. The summed E-state index contributed by atoms with van der Waals surface area (Å²) in [6.45, 7) is -0.339. The van der Waals surface area contributed by atoms with Gasteiger partial charge in [-0.1, -0.05) is 11.6 Å². The van der Waals surface area contributed by atoms with Crippen LogP contribution in [-0.2, 0) is 17.6 Å². The second-order valence-electron chi connectivity index (χ2n) is 6.13. The molecule has 0 atom stereocenters. The zero-order valence-electron chi connectivity index (χ0n) is 14.2. The van der Waals surface area contributed by atoms with E-state index >= 15 is 0 Å². The van der Waals surface area contributed by atoms with E-state index in [2.05, 4.69) is 0 Å². The van der Waals surface area contributed by atoms with Crippen LogP contribution in [0.25, 0.3) is 0 Å². The van der Waals surface area contributed by atoms with E-state index in [1.807, 2.05) is 12.1 Å². The highest BCUT2D eigenvalue weighted by Gasteiger charge is 2.19. The number of ketones is 1. The van der Waals surface area contributed by atoms with Gasteiger partial charge in [0.15, 0.2) is 12.4 Å². The molecule has 0 unspecified atom stereocenters. The van der Waals surface area contributed by atoms with Crippen LogP contribution in [0, 0.1) is 0 Å². The van der Waals surface area contributed by atoms with Crippen molar-refractivity contribution in [2.24, 2.45) is 0 Å². The predicted octanol–water partition coefficient (Wildman–Crippen LogP) is 4.66. The van der Waals surface area contributed by atoms with Gasteiger partial charge in [0.1, 0.15) is 5.75 Å². The van der Waals surface area contributed by atoms with Crippen molar-refractivity contribution in [1.29, 1.82) is 0 Å². The Morgan fingerprint density at radius 1 is 1.04 bits per heavy atom. The molecule has 3 rings (SSSR count). The summed E-state index contributed by atoms with van der Waals surface area (Å²) in [5, 5.41) is 9.44. The maximum Gasteiger partial charge on any atom is 0.341 e. The van der Waals surface area contributed by atoms with Crippen molar-refractivity contribution in [3.05, 3.63) is 58.1 Å². The van der Waals surface area contributed by atoms with Crippen LogP contribution in [0.3, 0.4) is 0 Å². The third kappa shape index (κ3) is 4.59. The second-order valence-corrected chi connectivity index (χ2v) is 7.58. The van der Waals surface area contributed by atoms with Crippen LogP contribution in [0.15, 0.2) is 41.3 Å². The van der Waals surface area contributed by atoms with E-state index in [9.17, 15) is 9.59 Å². The van der Waals surface area contributed by atoms with Gasteiger partial charge in [-0.2, -0.15) is 0 Å². The standard InChI is InChI=1S/C20H19ClO4S/c21-14-7-5-13(6-8-14)17(22)12-26-19-10-9-18(25-11-20(23)24)15-3-1-2-4-16(15)19/h5-10H,1-4,11-12H2,(H,23,24). The third-order valence-corrected chi connectivity index (χ3v) is 5.68. The summed E-state index contributed by atoms with van der Waals surface area (Å²) in [6.07, 6.45) is 3.96. The maximum absolute atomic E-state index is 12.4. The molecule has 0 aliphatic heterocycles. The smallest absolute Gasteiger partial charge is 0.341 e. The number of rotatable bonds is 7. The number of carboxylic acid groups (broad SMARTS) is 1. The van der Waals surface area contributed by atoms with Crippen LogP contribution in [0.5, 0.6) is 5.75 Å². The molecule has 2 aromatic carbocycles. The van der Waals surface area contributed by atoms with Gasteiger partial charge in [-0.05, 0) is 73.2 Å². The Hall–Kier alpha value is -1.98. The number of ether oxygens (including phenoxy) is 1. The number of benzene rings is 2. The molecule has 0 saturated carbocycles. The predicted molar refractivity (Wildman–Crippen MR) is 103 cm³/mol. The number of halogens is 1. The molecule has 6 heteroatoms. The third-order valence-electron chi connectivity index (χ3n) is 4.32. The molecule has 26 heavy (non-hydrogen) atoms. The van der Waals surface area contributed by atoms with Gasteiger partial charge < -0.3 is 9.84 Å². The first kappa shape index (κ1) is 18.8. The van der Waals surface area contributed by atoms with Gasteiger partial charge in [0.2, 0.25) is 0 Å². The molecule has 0 heterocycles. The minimum absolute atomic E-state index is 0.0578. The van der Waals surface area contributed by atoms with E-state index in [1.165, 1.54) is 17.3 Å². The molecule has 4 nitrogen and oxygen atoms in total. The molecule has 0 fully saturated rings. The molecule has 1 aliphatic rings. The second kappa shape index (κ2) is 8.60. The van der Waals surface area contributed by atoms with Gasteiger partial charge in [0.25, 0.3) is 0 Å². The van der Waals surface area contributed by atoms with E-state index in [0.29, 0.717) is 22.1 Å². The fourth-order valence-corrected chi connectivity index (χ4v) is 4.22. The highest BCUT2D eigenvalue weighted by molar-refractivity contribution is 8.00. The van der Waals surface area contributed by atoms with E-state index in [4.69, 9.17) is 21.4 Å². The Kier molecular flexibility index (Phi) is 6.22. The number of hydrogen-bond acceptors (Lipinski definition) is 4. The van der Waals surface area contributed by atoms with Gasteiger partial charge in [-0.3, -0.25) is 4.79 Å². The SMILES string of the molecule is O=C(O)COc1ccc(SCC(=O)c2ccc(Cl)cc2)c2c1CCCC2. The summed E-state index contributed by atoms with van der Waals surface area (Å²) in [5.74, 6) is 0.0723. The fraction of sp³-hybridized carbons (Fsp3) is 0.300. The Morgan fingerprint density at radius 2 is 1.73 bits per heavy atom. The lowest BCUT2D eigenvalue weighted by molar-refractivity contribution is -0.139. The van der Waals surface area contributed by atoms with Gasteiger partial charge in [0, 0.05) is 15.5 Å². The molecule has 2 aromatic rings. The fourth-order valence-electron chi connectivity index (χ4n) is 3.07. The first-order chi connectivity index (χ1) is 12.5. The Morgan fingerprint density at radius 3 is 2.42 bits per heavy atom. The molecule has 0 amide bonds. The van der Waals surface area contributed by atoms with Crippen LogP contribution in [0.2, 0.25) is 5.02 Å². The monoisotopic (exact) mass is 390 g/mol. The number of hydrogen-bond donors (Lipinski definition) is 1. The highest BCUT2D eigenvalue weighted by Crippen LogP contribution is 2.37. The number of Topliss-reactive ketones (excluding diaryl/α,β-unsaturated/α-hetero) is 1. The largest absolute Gasteiger partial charge is 0.482 e. The summed E-state index contributed by atoms with van der Waals surface area (Å²) < 4.78 is 5.44. The van der Waals surface area contributed by atoms with E-state index in [1.54, 1.807) is 24.3 Å². The van der Waals surface area contributed by atoms with Crippen molar-refractivity contribution < 1.29 is 19.4 Å². The number of fused-ring (bicyclic) bond motifs is 1. The number of carboxylic acids is 1. The van der Waals surface area contributed by atoms with Crippen molar-refractivity contribution in [1.82, 2.24) is 0 Å². The molecule has 0 saturated heterocycles. The molecule has 1 aliphatic carbocycles. The van der Waals surface area contributed by atoms with Crippen molar-refractivity contribution >= 4 is 35.1 Å². The van der Waals surface area contributed by atoms with Crippen LogP contribution in [-0.4, -0.2) is 29.2 Å². The number of carbonyl (C=O) groups is 2. The zero-order chi connectivity index (χ0) is 18.5. The molecule has 0 bridgehead atoms. The Balaban J connectivity index is 1.74. The number of aliphatic carboxylic acids is 1. The summed E-state index contributed by atoms with van der Waals surface area (Å²) in [5.41, 5.74) is 2.92. The van der Waals surface area contributed by atoms with Crippen molar-refractivity contribution in [2.75, 3.05) is 12.4 Å². The quantitative estimate of drug-likeness (QED) is 0.550. The molecule has 1 N–H and O–H groups in total. The normalized spacial score (nSPS) is 13.1. The Bertz CT molecular complexity index is 817. The maximum atomic E-state index is 12.4. The number of carbonyl (C=O) groups excluding carboxylic acids is 1. The minimum atomic E-state index is -0.985. The van der Waals surface area contributed by atoms with E-state index < -0.39 is 5.97 Å². The van der Waals surface area contributed by atoms with Crippen molar-refractivity contribution in [3.8, 4) is 5.75 Å². The van der Waals surface area contributed by atoms with Crippen molar-refractivity contribution in [3.63, 3.8) is 0 Å². The van der Waals surface area contributed by atoms with Gasteiger partial charge in [-0.25, -0.2) is 4.79 Å². The summed E-state index contributed by atoms with van der Waals surface area (Å²) in [6, 6.07) is 10.7. The topological polar surface area (TPSA) is 63.6 Å². The van der Waals surface area contributed by atoms with E-state index in [0.717, 1.165) is 36.1 Å². The highest BCUT2D eigenvalue weighted by atomic mass is 35.5. The zero-order valence-corrected chi connectivity index (χ0v) is 15.7. The average Bonchev–Trinajstić information content (AvgIpc) is 2.65. The van der Waals surface area contributed by atoms with Crippen molar-refractivity contribution in [2.45, 2.75) is 30.6 Å². The lowest BCUT2D eigenvalue weighted by Gasteiger charge is -2.22. The molecule has 0 radical (unpaired) electrons. The molecular formula is C20H19ClO4S. The molecular weight excluding hydrogens is 372 g/mol. The number of thioether (sulfide) groups is 1. The Labute approximate surface area is 161 Å². The van der Waals surface area contributed by atoms with E-state index in [-0.39, 0.29) is 12.4 Å². The van der Waals surface area contributed by atoms with Crippen LogP contribution < -0.4 is 4.74 Å². The van der Waals surface area contributed by atoms with Crippen LogP contribution >= 0.6 is 23.4 Å². The lowest BCUT2D eigenvalue weighted by Crippen LogP contribution is -2.13. The van der Waals surface area contributed by atoms with Gasteiger partial charge in [-0.15, -0.1) is 11.8 Å². The minimum Gasteiger partial charge on any atom is -0.482 e. The molecule has 0 spiro atoms. The summed E-state index contributed by atoms with van der Waals surface area (Å²) in [4.78, 5) is 24.2.